The van der Waals surface area contributed by atoms with Crippen molar-refractivity contribution in [2.45, 2.75) is 32.6 Å². The van der Waals surface area contributed by atoms with Crippen LogP contribution in [0.25, 0.3) is 0 Å². The molecule has 1 aromatic rings. The molecule has 0 heterocycles. The molecule has 98 valence electrons. The average molecular weight is 253 g/mol. The van der Waals surface area contributed by atoms with Crippen LogP contribution in [0.5, 0.6) is 0 Å². The first-order valence-corrected chi connectivity index (χ1v) is 5.72. The van der Waals surface area contributed by atoms with Crippen molar-refractivity contribution in [3.05, 3.63) is 29.6 Å². The maximum Gasteiger partial charge on any atom is 0.321 e. The van der Waals surface area contributed by atoms with E-state index in [0.717, 1.165) is 6.92 Å². The van der Waals surface area contributed by atoms with Gasteiger partial charge in [0.2, 0.25) is 0 Å². The van der Waals surface area contributed by atoms with Crippen LogP contribution >= 0.6 is 0 Å². The highest BCUT2D eigenvalue weighted by atomic mass is 19.1. The molecule has 1 unspecified atom stereocenters. The average Bonchev–Trinajstić information content (AvgIpc) is 2.29. The summed E-state index contributed by atoms with van der Waals surface area (Å²) >= 11 is 0. The Morgan fingerprint density at radius 1 is 1.44 bits per heavy atom. The number of hydrogen-bond acceptors (Lipinski definition) is 4. The van der Waals surface area contributed by atoms with Crippen LogP contribution in [0, 0.1) is 5.82 Å². The van der Waals surface area contributed by atoms with Crippen molar-refractivity contribution in [1.29, 1.82) is 0 Å². The zero-order valence-electron chi connectivity index (χ0n) is 10.4. The first kappa shape index (κ1) is 14.2. The Hall–Kier alpha value is -1.91. The van der Waals surface area contributed by atoms with Gasteiger partial charge in [-0.15, -0.1) is 0 Å². The number of benzene rings is 1. The Bertz CT molecular complexity index is 460. The molecule has 0 aliphatic rings. The van der Waals surface area contributed by atoms with Gasteiger partial charge >= 0.3 is 11.9 Å². The van der Waals surface area contributed by atoms with Gasteiger partial charge in [-0.3, -0.25) is 9.59 Å². The summed E-state index contributed by atoms with van der Waals surface area (Å²) in [7, 11) is 0. The van der Waals surface area contributed by atoms with Crippen LogP contribution in [0.4, 0.5) is 10.1 Å². The van der Waals surface area contributed by atoms with E-state index in [1.165, 1.54) is 12.1 Å². The fraction of sp³-hybridized carbons (Fsp3) is 0.385. The smallest absolute Gasteiger partial charge is 0.321 e. The molecule has 18 heavy (non-hydrogen) atoms. The second-order valence-corrected chi connectivity index (χ2v) is 4.03. The molecule has 0 aliphatic heterocycles. The lowest BCUT2D eigenvalue weighted by Gasteiger charge is -2.14. The molecule has 2 N–H and O–H groups in total. The molecule has 0 aliphatic carbocycles. The van der Waals surface area contributed by atoms with Gasteiger partial charge in [0, 0.05) is 6.92 Å². The highest BCUT2D eigenvalue weighted by molar-refractivity contribution is 5.88. The van der Waals surface area contributed by atoms with Gasteiger partial charge in [-0.05, 0) is 24.1 Å². The van der Waals surface area contributed by atoms with Crippen molar-refractivity contribution in [3.8, 4) is 0 Å². The van der Waals surface area contributed by atoms with Gasteiger partial charge in [-0.2, -0.15) is 0 Å². The molecule has 4 nitrogen and oxygen atoms in total. The van der Waals surface area contributed by atoms with Gasteiger partial charge < -0.3 is 10.5 Å². The minimum Gasteiger partial charge on any atom is -0.396 e. The number of carbonyl (C=O) groups is 2. The predicted molar refractivity (Wildman–Crippen MR) is 65.2 cm³/mol. The summed E-state index contributed by atoms with van der Waals surface area (Å²) in [5.74, 6) is -2.55. The number of nitrogen functional groups attached to an aromatic ring is 1. The van der Waals surface area contributed by atoms with Gasteiger partial charge in [0.05, 0.1) is 11.6 Å². The SMILES string of the molecule is CCCC(C(=O)OC(C)=O)c1ccc(N)c(F)c1. The first-order chi connectivity index (χ1) is 8.45. The molecule has 1 aromatic carbocycles. The molecule has 0 saturated heterocycles. The van der Waals surface area contributed by atoms with E-state index in [0.29, 0.717) is 18.4 Å². The van der Waals surface area contributed by atoms with Crippen LogP contribution in [-0.2, 0) is 14.3 Å². The second kappa shape index (κ2) is 6.14. The Labute approximate surface area is 105 Å². The van der Waals surface area contributed by atoms with Gasteiger partial charge in [-0.25, -0.2) is 4.39 Å². The van der Waals surface area contributed by atoms with Crippen LogP contribution in [0.15, 0.2) is 18.2 Å². The van der Waals surface area contributed by atoms with Gasteiger partial charge in [0.25, 0.3) is 0 Å². The summed E-state index contributed by atoms with van der Waals surface area (Å²) in [5.41, 5.74) is 5.86. The zero-order valence-corrected chi connectivity index (χ0v) is 10.4. The summed E-state index contributed by atoms with van der Waals surface area (Å²) in [6.07, 6.45) is 1.19. The lowest BCUT2D eigenvalue weighted by molar-refractivity contribution is -0.159. The summed E-state index contributed by atoms with van der Waals surface area (Å²) in [5, 5.41) is 0. The Kier molecular flexibility index (Phi) is 4.83. The number of hydrogen-bond donors (Lipinski definition) is 1. The quantitative estimate of drug-likeness (QED) is 0.508. The predicted octanol–water partition coefficient (Wildman–Crippen LogP) is 2.38. The number of rotatable bonds is 4. The first-order valence-electron chi connectivity index (χ1n) is 5.72. The lowest BCUT2D eigenvalue weighted by Crippen LogP contribution is -2.18. The number of anilines is 1. The molecular weight excluding hydrogens is 237 g/mol. The van der Waals surface area contributed by atoms with E-state index in [4.69, 9.17) is 5.73 Å². The van der Waals surface area contributed by atoms with E-state index >= 15 is 0 Å². The second-order valence-electron chi connectivity index (χ2n) is 4.03. The molecule has 5 heteroatoms. The molecule has 0 fully saturated rings. The lowest BCUT2D eigenvalue weighted by atomic mass is 9.94. The monoisotopic (exact) mass is 253 g/mol. The van der Waals surface area contributed by atoms with E-state index in [1.54, 1.807) is 6.07 Å². The molecular formula is C13H16FNO3. The standard InChI is InChI=1S/C13H16FNO3/c1-3-4-10(13(17)18-8(2)16)9-5-6-12(15)11(14)7-9/h5-7,10H,3-4,15H2,1-2H3. The van der Waals surface area contributed by atoms with Gasteiger partial charge in [0.1, 0.15) is 5.82 Å². The molecule has 1 rings (SSSR count). The summed E-state index contributed by atoms with van der Waals surface area (Å²) in [6, 6.07) is 4.17. The van der Waals surface area contributed by atoms with Crippen LogP contribution in [0.3, 0.4) is 0 Å². The van der Waals surface area contributed by atoms with Crippen LogP contribution < -0.4 is 5.73 Å². The molecule has 0 spiro atoms. The fourth-order valence-corrected chi connectivity index (χ4v) is 1.68. The molecule has 0 amide bonds. The Morgan fingerprint density at radius 3 is 2.61 bits per heavy atom. The maximum atomic E-state index is 13.4. The summed E-state index contributed by atoms with van der Waals surface area (Å²) in [4.78, 5) is 22.5. The zero-order chi connectivity index (χ0) is 13.7. The minimum atomic E-state index is -0.669. The van der Waals surface area contributed by atoms with Crippen molar-refractivity contribution in [1.82, 2.24) is 0 Å². The summed E-state index contributed by atoms with van der Waals surface area (Å²) < 4.78 is 17.9. The van der Waals surface area contributed by atoms with Crippen molar-refractivity contribution in [2.24, 2.45) is 0 Å². The topological polar surface area (TPSA) is 69.4 Å². The highest BCUT2D eigenvalue weighted by Crippen LogP contribution is 2.25. The largest absolute Gasteiger partial charge is 0.396 e. The van der Waals surface area contributed by atoms with Crippen LogP contribution in [0.2, 0.25) is 0 Å². The molecule has 0 radical (unpaired) electrons. The number of carbonyl (C=O) groups excluding carboxylic acids is 2. The van der Waals surface area contributed by atoms with E-state index in [9.17, 15) is 14.0 Å². The number of esters is 2. The number of nitrogens with two attached hydrogens (primary N) is 1. The van der Waals surface area contributed by atoms with E-state index < -0.39 is 23.7 Å². The van der Waals surface area contributed by atoms with Crippen LogP contribution in [0.1, 0.15) is 38.2 Å². The molecule has 0 aromatic heterocycles. The van der Waals surface area contributed by atoms with Crippen molar-refractivity contribution >= 4 is 17.6 Å². The van der Waals surface area contributed by atoms with Gasteiger partial charge in [-0.1, -0.05) is 19.4 Å². The molecule has 0 bridgehead atoms. The molecule has 0 saturated carbocycles. The normalized spacial score (nSPS) is 11.9. The maximum absolute atomic E-state index is 13.4. The van der Waals surface area contributed by atoms with Crippen LogP contribution in [-0.4, -0.2) is 11.9 Å². The highest BCUT2D eigenvalue weighted by Gasteiger charge is 2.23. The Balaban J connectivity index is 2.99. The van der Waals surface area contributed by atoms with E-state index in [1.807, 2.05) is 6.92 Å². The number of halogens is 1. The third-order valence-electron chi connectivity index (χ3n) is 2.53. The molecule has 1 atom stereocenters. The van der Waals surface area contributed by atoms with E-state index in [2.05, 4.69) is 4.74 Å². The van der Waals surface area contributed by atoms with Gasteiger partial charge in [0.15, 0.2) is 0 Å². The van der Waals surface area contributed by atoms with Crippen molar-refractivity contribution in [2.75, 3.05) is 5.73 Å². The van der Waals surface area contributed by atoms with Crippen molar-refractivity contribution < 1.29 is 18.7 Å². The summed E-state index contributed by atoms with van der Waals surface area (Å²) in [6.45, 7) is 3.05. The minimum absolute atomic E-state index is 0.0222. The van der Waals surface area contributed by atoms with Crippen molar-refractivity contribution in [3.63, 3.8) is 0 Å². The third-order valence-corrected chi connectivity index (χ3v) is 2.53. The third kappa shape index (κ3) is 3.55. The fourth-order valence-electron chi connectivity index (χ4n) is 1.68. The Morgan fingerprint density at radius 2 is 2.11 bits per heavy atom. The van der Waals surface area contributed by atoms with E-state index in [-0.39, 0.29) is 5.69 Å². The number of ether oxygens (including phenoxy) is 1.